The number of benzene rings is 2. The van der Waals surface area contributed by atoms with Crippen LogP contribution >= 0.6 is 0 Å². The van der Waals surface area contributed by atoms with Crippen LogP contribution in [0.1, 0.15) is 34.2 Å². The minimum atomic E-state index is -3.82. The maximum atomic E-state index is 12.8. The van der Waals surface area contributed by atoms with Crippen LogP contribution in [0.25, 0.3) is 5.69 Å². The van der Waals surface area contributed by atoms with E-state index in [2.05, 4.69) is 5.32 Å². The molecule has 0 radical (unpaired) electrons. The predicted molar refractivity (Wildman–Crippen MR) is 121 cm³/mol. The van der Waals surface area contributed by atoms with E-state index in [-0.39, 0.29) is 4.90 Å². The van der Waals surface area contributed by atoms with Crippen LogP contribution in [0.15, 0.2) is 59.5 Å². The molecule has 0 saturated heterocycles. The quantitative estimate of drug-likeness (QED) is 0.553. The Morgan fingerprint density at radius 2 is 1.69 bits per heavy atom. The van der Waals surface area contributed by atoms with E-state index in [0.717, 1.165) is 16.9 Å². The number of aromatic nitrogens is 1. The lowest BCUT2D eigenvalue weighted by atomic mass is 10.2. The molecule has 0 aliphatic heterocycles. The van der Waals surface area contributed by atoms with Gasteiger partial charge in [-0.3, -0.25) is 4.79 Å². The first-order chi connectivity index (χ1) is 15.0. The highest BCUT2D eigenvalue weighted by molar-refractivity contribution is 7.89. The van der Waals surface area contributed by atoms with Gasteiger partial charge in [0.15, 0.2) is 6.10 Å². The number of esters is 1. The summed E-state index contributed by atoms with van der Waals surface area (Å²) in [6.45, 7) is 7.18. The Bertz CT molecular complexity index is 1280. The van der Waals surface area contributed by atoms with Crippen molar-refractivity contribution in [1.29, 1.82) is 0 Å². The molecule has 9 heteroatoms. The number of ether oxygens (including phenoxy) is 1. The van der Waals surface area contributed by atoms with Gasteiger partial charge < -0.3 is 14.6 Å². The number of nitrogens with two attached hydrogens (primary N) is 1. The van der Waals surface area contributed by atoms with E-state index in [1.54, 1.807) is 6.07 Å². The molecule has 1 amide bonds. The van der Waals surface area contributed by atoms with Gasteiger partial charge in [-0.25, -0.2) is 18.4 Å². The summed E-state index contributed by atoms with van der Waals surface area (Å²) in [5.41, 5.74) is 4.34. The second-order valence-corrected chi connectivity index (χ2v) is 9.13. The number of anilines is 1. The summed E-state index contributed by atoms with van der Waals surface area (Å²) in [6.07, 6.45) is -1.07. The van der Waals surface area contributed by atoms with Crippen LogP contribution in [-0.4, -0.2) is 31.0 Å². The van der Waals surface area contributed by atoms with Gasteiger partial charge in [-0.2, -0.15) is 0 Å². The van der Waals surface area contributed by atoms with Gasteiger partial charge in [0.2, 0.25) is 10.0 Å². The van der Waals surface area contributed by atoms with Gasteiger partial charge in [-0.05, 0) is 75.7 Å². The number of primary sulfonamides is 1. The van der Waals surface area contributed by atoms with E-state index in [1.165, 1.54) is 31.2 Å². The predicted octanol–water partition coefficient (Wildman–Crippen LogP) is 3.23. The minimum absolute atomic E-state index is 0.0704. The van der Waals surface area contributed by atoms with E-state index in [0.29, 0.717) is 16.9 Å². The number of carbonyl (C=O) groups excluding carboxylic acids is 2. The van der Waals surface area contributed by atoms with Crippen LogP contribution in [0.5, 0.6) is 0 Å². The molecule has 0 spiro atoms. The molecule has 0 fully saturated rings. The maximum Gasteiger partial charge on any atom is 0.340 e. The van der Waals surface area contributed by atoms with Crippen LogP contribution in [-0.2, 0) is 19.6 Å². The molecular formula is C23H25N3O5S. The van der Waals surface area contributed by atoms with Gasteiger partial charge in [-0.1, -0.05) is 12.1 Å². The summed E-state index contributed by atoms with van der Waals surface area (Å²) >= 11 is 0. The molecular weight excluding hydrogens is 430 g/mol. The highest BCUT2D eigenvalue weighted by Gasteiger charge is 2.23. The van der Waals surface area contributed by atoms with Crippen molar-refractivity contribution in [2.45, 2.75) is 38.7 Å². The van der Waals surface area contributed by atoms with Crippen LogP contribution < -0.4 is 10.5 Å². The van der Waals surface area contributed by atoms with Crippen LogP contribution in [0.2, 0.25) is 0 Å². The lowest BCUT2D eigenvalue weighted by Gasteiger charge is -2.14. The molecule has 1 aromatic heterocycles. The summed E-state index contributed by atoms with van der Waals surface area (Å²) in [5.74, 6) is -1.15. The molecule has 32 heavy (non-hydrogen) atoms. The fourth-order valence-electron chi connectivity index (χ4n) is 3.38. The normalized spacial score (nSPS) is 12.3. The number of nitrogens with zero attached hydrogens (tertiary/aromatic N) is 1. The Balaban J connectivity index is 1.72. The summed E-state index contributed by atoms with van der Waals surface area (Å²) in [6, 6.07) is 15.0. The molecule has 1 atom stereocenters. The van der Waals surface area contributed by atoms with Crippen molar-refractivity contribution in [3.8, 4) is 5.69 Å². The molecule has 3 rings (SSSR count). The largest absolute Gasteiger partial charge is 0.449 e. The third kappa shape index (κ3) is 5.06. The number of nitrogens with one attached hydrogen (secondary N) is 1. The lowest BCUT2D eigenvalue weighted by molar-refractivity contribution is -0.123. The number of sulfonamides is 1. The highest BCUT2D eigenvalue weighted by atomic mass is 32.2. The third-order valence-corrected chi connectivity index (χ3v) is 5.94. The average Bonchev–Trinajstić information content (AvgIpc) is 3.01. The zero-order valence-corrected chi connectivity index (χ0v) is 19.1. The maximum absolute atomic E-state index is 12.8. The van der Waals surface area contributed by atoms with Gasteiger partial charge in [-0.15, -0.1) is 0 Å². The average molecular weight is 456 g/mol. The van der Waals surface area contributed by atoms with Crippen molar-refractivity contribution in [2.24, 2.45) is 5.14 Å². The second kappa shape index (κ2) is 8.97. The number of rotatable bonds is 6. The van der Waals surface area contributed by atoms with Crippen LogP contribution in [0.3, 0.4) is 0 Å². The van der Waals surface area contributed by atoms with Crippen molar-refractivity contribution in [2.75, 3.05) is 5.32 Å². The van der Waals surface area contributed by atoms with E-state index in [9.17, 15) is 18.0 Å². The Morgan fingerprint density at radius 1 is 1.03 bits per heavy atom. The Kier molecular flexibility index (Phi) is 6.52. The first kappa shape index (κ1) is 23.2. The smallest absolute Gasteiger partial charge is 0.340 e. The monoisotopic (exact) mass is 455 g/mol. The van der Waals surface area contributed by atoms with Crippen molar-refractivity contribution in [1.82, 2.24) is 4.57 Å². The van der Waals surface area contributed by atoms with E-state index in [1.807, 2.05) is 49.6 Å². The van der Waals surface area contributed by atoms with Crippen LogP contribution in [0.4, 0.5) is 5.69 Å². The van der Waals surface area contributed by atoms with E-state index < -0.39 is 28.0 Å². The lowest BCUT2D eigenvalue weighted by Crippen LogP contribution is -2.30. The Hall–Kier alpha value is -3.43. The molecule has 0 saturated carbocycles. The van der Waals surface area contributed by atoms with Crippen molar-refractivity contribution in [3.05, 3.63) is 77.1 Å². The zero-order valence-electron chi connectivity index (χ0n) is 18.2. The van der Waals surface area contributed by atoms with Crippen LogP contribution in [0, 0.1) is 20.8 Å². The molecule has 2 aromatic carbocycles. The summed E-state index contributed by atoms with van der Waals surface area (Å²) < 4.78 is 30.0. The Labute approximate surface area is 187 Å². The van der Waals surface area contributed by atoms with Gasteiger partial charge >= 0.3 is 5.97 Å². The van der Waals surface area contributed by atoms with Gasteiger partial charge in [0.05, 0.1) is 10.5 Å². The molecule has 0 aliphatic rings. The third-order valence-electron chi connectivity index (χ3n) is 5.01. The van der Waals surface area contributed by atoms with Crippen molar-refractivity contribution < 1.29 is 22.7 Å². The molecule has 0 bridgehead atoms. The number of carbonyl (C=O) groups is 2. The molecule has 1 heterocycles. The van der Waals surface area contributed by atoms with Crippen molar-refractivity contribution >= 4 is 27.6 Å². The summed E-state index contributed by atoms with van der Waals surface area (Å²) in [7, 11) is -3.82. The fraction of sp³-hybridized carbons (Fsp3) is 0.217. The molecule has 1 unspecified atom stereocenters. The first-order valence-electron chi connectivity index (χ1n) is 9.88. The summed E-state index contributed by atoms with van der Waals surface area (Å²) in [5, 5.41) is 7.64. The zero-order chi connectivity index (χ0) is 23.6. The SMILES string of the molecule is Cc1cccc(-n2c(C)cc(C(=O)OC(C)C(=O)Nc3ccc(S(N)(=O)=O)cc3)c2C)c1. The fourth-order valence-corrected chi connectivity index (χ4v) is 3.90. The first-order valence-corrected chi connectivity index (χ1v) is 11.4. The molecule has 3 aromatic rings. The second-order valence-electron chi connectivity index (χ2n) is 7.57. The molecule has 8 nitrogen and oxygen atoms in total. The minimum Gasteiger partial charge on any atom is -0.449 e. The number of aryl methyl sites for hydroxylation is 2. The Morgan fingerprint density at radius 3 is 2.28 bits per heavy atom. The van der Waals surface area contributed by atoms with E-state index >= 15 is 0 Å². The number of hydrogen-bond acceptors (Lipinski definition) is 5. The van der Waals surface area contributed by atoms with Gasteiger partial charge in [0, 0.05) is 22.8 Å². The van der Waals surface area contributed by atoms with Crippen molar-refractivity contribution in [3.63, 3.8) is 0 Å². The van der Waals surface area contributed by atoms with Gasteiger partial charge in [0.25, 0.3) is 5.91 Å². The standard InChI is InChI=1S/C23H25N3O5S/c1-14-6-5-7-19(12-14)26-15(2)13-21(16(26)3)23(28)31-17(4)22(27)25-18-8-10-20(11-9-18)32(24,29)30/h5-13,17H,1-4H3,(H,25,27)(H2,24,29,30). The topological polar surface area (TPSA) is 120 Å². The highest BCUT2D eigenvalue weighted by Crippen LogP contribution is 2.23. The molecule has 3 N–H and O–H groups in total. The number of hydrogen-bond donors (Lipinski definition) is 2. The summed E-state index contributed by atoms with van der Waals surface area (Å²) in [4.78, 5) is 25.1. The van der Waals surface area contributed by atoms with E-state index in [4.69, 9.17) is 9.88 Å². The number of amides is 1. The molecule has 0 aliphatic carbocycles. The molecule has 168 valence electrons. The van der Waals surface area contributed by atoms with Gasteiger partial charge in [0.1, 0.15) is 0 Å².